The van der Waals surface area contributed by atoms with Crippen LogP contribution < -0.4 is 0 Å². The van der Waals surface area contributed by atoms with Crippen molar-refractivity contribution in [2.75, 3.05) is 26.4 Å². The van der Waals surface area contributed by atoms with Crippen molar-refractivity contribution in [2.45, 2.75) is 32.8 Å². The molecule has 8 rings (SSSR count). The van der Waals surface area contributed by atoms with Crippen molar-refractivity contribution in [3.63, 3.8) is 0 Å². The van der Waals surface area contributed by atoms with Crippen LogP contribution in [0.15, 0.2) is 60.7 Å². The molecule has 5 heterocycles. The summed E-state index contributed by atoms with van der Waals surface area (Å²) in [5.41, 5.74) is 3.53. The minimum absolute atomic E-state index is 0.0326. The van der Waals surface area contributed by atoms with Crippen molar-refractivity contribution < 1.29 is 23.7 Å². The van der Waals surface area contributed by atoms with E-state index in [1.807, 2.05) is 36.4 Å². The molecule has 5 heteroatoms. The Labute approximate surface area is 188 Å². The molecular weight excluding hydrogens is 404 g/mol. The Bertz CT molecular complexity index is 1120. The number of hydrogen-bond acceptors (Lipinski definition) is 5. The van der Waals surface area contributed by atoms with Crippen LogP contribution in [0.2, 0.25) is 0 Å². The number of carbonyl (C=O) groups is 1. The van der Waals surface area contributed by atoms with E-state index in [0.29, 0.717) is 32.0 Å². The van der Waals surface area contributed by atoms with Gasteiger partial charge in [-0.15, -0.1) is 0 Å². The largest absolute Gasteiger partial charge is 0.371 e. The van der Waals surface area contributed by atoms with Gasteiger partial charge in [-0.1, -0.05) is 74.5 Å². The maximum absolute atomic E-state index is 12.7. The van der Waals surface area contributed by atoms with Gasteiger partial charge in [0, 0.05) is 16.5 Å². The Hall–Kier alpha value is -2.57. The van der Waals surface area contributed by atoms with E-state index in [-0.39, 0.29) is 24.4 Å². The van der Waals surface area contributed by atoms with Crippen molar-refractivity contribution >= 4 is 16.6 Å². The van der Waals surface area contributed by atoms with Gasteiger partial charge in [-0.25, -0.2) is 0 Å². The molecule has 166 valence electrons. The van der Waals surface area contributed by atoms with Crippen molar-refractivity contribution in [3.05, 3.63) is 82.9 Å². The molecule has 5 aliphatic rings. The standard InChI is InChI=1S/C27H28O5/c1-26(2)16-31-27(32-17-26)18-30-14-21-8-7-20(23-5-3-4-6-24(21)23)13-29-15-25(28)19-9-11-22(27)12-10-19/h3-12H,13-18H2,1-2H3. The summed E-state index contributed by atoms with van der Waals surface area (Å²) in [4.78, 5) is 12.7. The van der Waals surface area contributed by atoms with Gasteiger partial charge in [0.2, 0.25) is 5.79 Å². The summed E-state index contributed by atoms with van der Waals surface area (Å²) in [7, 11) is 0. The molecule has 0 unspecified atom stereocenters. The first-order chi connectivity index (χ1) is 15.5. The van der Waals surface area contributed by atoms with E-state index in [2.05, 4.69) is 38.1 Å². The quantitative estimate of drug-likeness (QED) is 0.501. The van der Waals surface area contributed by atoms with Crippen LogP contribution in [0.4, 0.5) is 0 Å². The van der Waals surface area contributed by atoms with Crippen LogP contribution in [-0.4, -0.2) is 32.2 Å². The van der Waals surface area contributed by atoms with Gasteiger partial charge in [-0.2, -0.15) is 0 Å². The lowest BCUT2D eigenvalue weighted by Gasteiger charge is -2.43. The molecule has 1 fully saturated rings. The predicted octanol–water partition coefficient (Wildman–Crippen LogP) is 5.00. The number of carbonyl (C=O) groups excluding carboxylic acids is 1. The highest BCUT2D eigenvalue weighted by atomic mass is 16.7. The highest BCUT2D eigenvalue weighted by Crippen LogP contribution is 2.37. The third kappa shape index (κ3) is 4.09. The SMILES string of the molecule is CC1(C)COC2(COCc3ccc(c4ccccc34)COCC(=O)c3ccc2cc3)OC1. The molecule has 0 aliphatic carbocycles. The van der Waals surface area contributed by atoms with Gasteiger partial charge >= 0.3 is 0 Å². The van der Waals surface area contributed by atoms with Crippen molar-refractivity contribution in [1.29, 1.82) is 0 Å². The third-order valence-electron chi connectivity index (χ3n) is 6.18. The van der Waals surface area contributed by atoms with Gasteiger partial charge in [0.25, 0.3) is 0 Å². The lowest BCUT2D eigenvalue weighted by molar-refractivity contribution is -0.325. The molecule has 4 bridgehead atoms. The topological polar surface area (TPSA) is 54.0 Å². The van der Waals surface area contributed by atoms with Crippen molar-refractivity contribution in [3.8, 4) is 0 Å². The van der Waals surface area contributed by atoms with Gasteiger partial charge in [0.05, 0.1) is 26.4 Å². The minimum atomic E-state index is -1.000. The van der Waals surface area contributed by atoms with Gasteiger partial charge < -0.3 is 18.9 Å². The fourth-order valence-electron chi connectivity index (χ4n) is 4.26. The molecule has 3 aromatic rings. The first kappa shape index (κ1) is 21.3. The Morgan fingerprint density at radius 2 is 1.28 bits per heavy atom. The number of benzene rings is 3. The van der Waals surface area contributed by atoms with E-state index in [1.165, 1.54) is 0 Å². The summed E-state index contributed by atoms with van der Waals surface area (Å²) in [5, 5.41) is 2.23. The number of hydrogen-bond donors (Lipinski definition) is 0. The monoisotopic (exact) mass is 432 g/mol. The van der Waals surface area contributed by atoms with Crippen LogP contribution in [0, 0.1) is 5.41 Å². The number of ketones is 1. The summed E-state index contributed by atoms with van der Waals surface area (Å²) in [6.45, 7) is 6.46. The molecule has 5 aliphatic heterocycles. The number of rotatable bonds is 0. The summed E-state index contributed by atoms with van der Waals surface area (Å²) < 4.78 is 24.6. The number of Topliss-reactive ketones (excluding diaryl/α,β-unsaturated/α-hetero) is 1. The Kier molecular flexibility index (Phi) is 5.59. The van der Waals surface area contributed by atoms with Crippen LogP contribution in [0.5, 0.6) is 0 Å². The Morgan fingerprint density at radius 3 is 1.91 bits per heavy atom. The Balaban J connectivity index is 1.52. The zero-order valence-electron chi connectivity index (χ0n) is 18.6. The summed E-state index contributed by atoms with van der Waals surface area (Å²) in [5.74, 6) is -1.05. The molecule has 32 heavy (non-hydrogen) atoms. The highest BCUT2D eigenvalue weighted by molar-refractivity contribution is 5.97. The molecule has 0 aromatic heterocycles. The van der Waals surface area contributed by atoms with Crippen LogP contribution in [0.1, 0.15) is 40.9 Å². The average Bonchev–Trinajstić information content (AvgIpc) is 2.81. The first-order valence-electron chi connectivity index (χ1n) is 11.0. The predicted molar refractivity (Wildman–Crippen MR) is 121 cm³/mol. The van der Waals surface area contributed by atoms with Gasteiger partial charge in [0.1, 0.15) is 13.2 Å². The van der Waals surface area contributed by atoms with Crippen LogP contribution in [0.3, 0.4) is 0 Å². The summed E-state index contributed by atoms with van der Waals surface area (Å²) in [6.07, 6.45) is 0. The minimum Gasteiger partial charge on any atom is -0.371 e. The lowest BCUT2D eigenvalue weighted by atomic mass is 9.93. The fraction of sp³-hybridized carbons (Fsp3) is 0.370. The van der Waals surface area contributed by atoms with Crippen LogP contribution >= 0.6 is 0 Å². The van der Waals surface area contributed by atoms with Gasteiger partial charge in [-0.05, 0) is 21.9 Å². The van der Waals surface area contributed by atoms with E-state index in [0.717, 1.165) is 27.5 Å². The second-order valence-electron chi connectivity index (χ2n) is 9.41. The molecule has 3 aromatic carbocycles. The zero-order chi connectivity index (χ0) is 22.2. The Morgan fingerprint density at radius 1 is 0.688 bits per heavy atom. The molecule has 1 spiro atoms. The van der Waals surface area contributed by atoms with E-state index in [9.17, 15) is 4.79 Å². The first-order valence-corrected chi connectivity index (χ1v) is 11.0. The maximum atomic E-state index is 12.7. The molecule has 0 atom stereocenters. The normalized spacial score (nSPS) is 20.8. The summed E-state index contributed by atoms with van der Waals surface area (Å²) >= 11 is 0. The fourth-order valence-corrected chi connectivity index (χ4v) is 4.26. The lowest BCUT2D eigenvalue weighted by Crippen LogP contribution is -2.48. The molecule has 0 saturated carbocycles. The molecule has 0 N–H and O–H groups in total. The van der Waals surface area contributed by atoms with E-state index < -0.39 is 5.79 Å². The third-order valence-corrected chi connectivity index (χ3v) is 6.18. The molecule has 1 saturated heterocycles. The zero-order valence-corrected chi connectivity index (χ0v) is 18.6. The molecule has 5 nitrogen and oxygen atoms in total. The smallest absolute Gasteiger partial charge is 0.219 e. The highest BCUT2D eigenvalue weighted by Gasteiger charge is 2.42. The van der Waals surface area contributed by atoms with Gasteiger partial charge in [0.15, 0.2) is 5.78 Å². The van der Waals surface area contributed by atoms with Gasteiger partial charge in [-0.3, -0.25) is 4.79 Å². The van der Waals surface area contributed by atoms with Crippen molar-refractivity contribution in [2.24, 2.45) is 5.41 Å². The maximum Gasteiger partial charge on any atom is 0.219 e. The average molecular weight is 433 g/mol. The number of ether oxygens (including phenoxy) is 4. The van der Waals surface area contributed by atoms with Crippen LogP contribution in [0.25, 0.3) is 10.8 Å². The van der Waals surface area contributed by atoms with E-state index >= 15 is 0 Å². The van der Waals surface area contributed by atoms with Crippen molar-refractivity contribution in [1.82, 2.24) is 0 Å². The second kappa shape index (κ2) is 8.41. The van der Waals surface area contributed by atoms with E-state index in [4.69, 9.17) is 18.9 Å². The molecule has 0 amide bonds. The molecular formula is C27H28O5. The molecule has 0 radical (unpaired) electrons. The second-order valence-corrected chi connectivity index (χ2v) is 9.41. The summed E-state index contributed by atoms with van der Waals surface area (Å²) in [6, 6.07) is 19.7. The van der Waals surface area contributed by atoms with E-state index in [1.54, 1.807) is 0 Å². The van der Waals surface area contributed by atoms with Crippen LogP contribution in [-0.2, 0) is 37.9 Å².